The molecule has 2 amide bonds. The van der Waals surface area contributed by atoms with E-state index < -0.39 is 4.32 Å². The van der Waals surface area contributed by atoms with Gasteiger partial charge >= 0.3 is 0 Å². The average molecular weight is 309 g/mol. The number of carbonyl (C=O) groups is 2. The summed E-state index contributed by atoms with van der Waals surface area (Å²) >= 11 is 3.27. The Morgan fingerprint density at radius 1 is 1.41 bits per heavy atom. The van der Waals surface area contributed by atoms with Crippen LogP contribution in [0.4, 0.5) is 0 Å². The van der Waals surface area contributed by atoms with E-state index in [0.29, 0.717) is 13.2 Å². The summed E-state index contributed by atoms with van der Waals surface area (Å²) in [6, 6.07) is 0. The molecule has 17 heavy (non-hydrogen) atoms. The highest BCUT2D eigenvalue weighted by Gasteiger charge is 2.27. The molecule has 0 fully saturated rings. The maximum Gasteiger partial charge on any atom is 0.239 e. The first kappa shape index (κ1) is 16.4. The fraction of sp³-hybridized carbons (Fsp3) is 0.818. The Morgan fingerprint density at radius 3 is 2.47 bits per heavy atom. The molecule has 6 heteroatoms. The number of rotatable bonds is 7. The maximum absolute atomic E-state index is 11.8. The van der Waals surface area contributed by atoms with Crippen LogP contribution in [-0.4, -0.2) is 54.9 Å². The Labute approximate surface area is 111 Å². The largest absolute Gasteiger partial charge is 0.385 e. The first-order valence-electron chi connectivity index (χ1n) is 5.49. The van der Waals surface area contributed by atoms with Crippen molar-refractivity contribution >= 4 is 27.7 Å². The molecule has 0 aliphatic carbocycles. The molecule has 0 aliphatic heterocycles. The molecule has 0 saturated heterocycles. The Bertz CT molecular complexity index is 264. The van der Waals surface area contributed by atoms with Crippen molar-refractivity contribution in [1.29, 1.82) is 0 Å². The van der Waals surface area contributed by atoms with E-state index in [1.807, 2.05) is 0 Å². The third-order valence-electron chi connectivity index (χ3n) is 2.08. The van der Waals surface area contributed by atoms with E-state index >= 15 is 0 Å². The molecule has 0 aromatic rings. The van der Waals surface area contributed by atoms with Gasteiger partial charge in [0.15, 0.2) is 0 Å². The van der Waals surface area contributed by atoms with E-state index in [1.165, 1.54) is 4.90 Å². The van der Waals surface area contributed by atoms with Crippen LogP contribution in [0, 0.1) is 0 Å². The first-order chi connectivity index (χ1) is 7.79. The topological polar surface area (TPSA) is 58.6 Å². The number of methoxy groups -OCH3 is 1. The number of amides is 2. The maximum atomic E-state index is 11.8. The van der Waals surface area contributed by atoms with Gasteiger partial charge in [-0.2, -0.15) is 0 Å². The summed E-state index contributed by atoms with van der Waals surface area (Å²) in [7, 11) is 3.23. The summed E-state index contributed by atoms with van der Waals surface area (Å²) in [6.45, 7) is 4.75. The Kier molecular flexibility index (Phi) is 7.38. The number of alkyl halides is 1. The number of nitrogens with zero attached hydrogens (tertiary/aromatic N) is 1. The van der Waals surface area contributed by atoms with Crippen molar-refractivity contribution in [2.75, 3.05) is 33.9 Å². The highest BCUT2D eigenvalue weighted by molar-refractivity contribution is 9.10. The SMILES string of the molecule is COCCCNC(=O)CN(C)C(=O)C(C)(C)Br. The molecule has 5 nitrogen and oxygen atoms in total. The fourth-order valence-corrected chi connectivity index (χ4v) is 1.54. The van der Waals surface area contributed by atoms with Gasteiger partial charge in [0.1, 0.15) is 0 Å². The van der Waals surface area contributed by atoms with E-state index in [9.17, 15) is 9.59 Å². The average Bonchev–Trinajstić information content (AvgIpc) is 2.22. The van der Waals surface area contributed by atoms with E-state index in [-0.39, 0.29) is 18.4 Å². The van der Waals surface area contributed by atoms with E-state index in [0.717, 1.165) is 6.42 Å². The van der Waals surface area contributed by atoms with Gasteiger partial charge in [-0.25, -0.2) is 0 Å². The molecule has 0 saturated carbocycles. The zero-order valence-corrected chi connectivity index (χ0v) is 12.5. The molecule has 0 aliphatic rings. The number of likely N-dealkylation sites (N-methyl/N-ethyl adjacent to an activating group) is 1. The van der Waals surface area contributed by atoms with Crippen molar-refractivity contribution in [3.63, 3.8) is 0 Å². The van der Waals surface area contributed by atoms with Gasteiger partial charge in [-0.15, -0.1) is 0 Å². The van der Waals surface area contributed by atoms with Crippen LogP contribution < -0.4 is 5.32 Å². The number of carbonyl (C=O) groups excluding carboxylic acids is 2. The molecule has 0 spiro atoms. The van der Waals surface area contributed by atoms with Crippen molar-refractivity contribution < 1.29 is 14.3 Å². The smallest absolute Gasteiger partial charge is 0.239 e. The minimum Gasteiger partial charge on any atom is -0.385 e. The van der Waals surface area contributed by atoms with Crippen LogP contribution in [0.25, 0.3) is 0 Å². The highest BCUT2D eigenvalue weighted by atomic mass is 79.9. The number of hydrogen-bond acceptors (Lipinski definition) is 3. The van der Waals surface area contributed by atoms with E-state index in [4.69, 9.17) is 4.74 Å². The summed E-state index contributed by atoms with van der Waals surface area (Å²) in [6.07, 6.45) is 0.768. The molecule has 0 aromatic carbocycles. The molecule has 0 radical (unpaired) electrons. The van der Waals surface area contributed by atoms with Crippen molar-refractivity contribution in [2.45, 2.75) is 24.6 Å². The second-order valence-corrected chi connectivity index (χ2v) is 6.31. The highest BCUT2D eigenvalue weighted by Crippen LogP contribution is 2.18. The number of halogens is 1. The molecule has 0 heterocycles. The zero-order valence-electron chi connectivity index (χ0n) is 10.9. The molecular formula is C11H21BrN2O3. The lowest BCUT2D eigenvalue weighted by Crippen LogP contribution is -2.44. The predicted octanol–water partition coefficient (Wildman–Crippen LogP) is 0.771. The van der Waals surface area contributed by atoms with Crippen molar-refractivity contribution in [1.82, 2.24) is 10.2 Å². The van der Waals surface area contributed by atoms with Crippen LogP contribution in [0.15, 0.2) is 0 Å². The van der Waals surface area contributed by atoms with Gasteiger partial charge in [0.05, 0.1) is 10.9 Å². The van der Waals surface area contributed by atoms with Gasteiger partial charge < -0.3 is 15.0 Å². The van der Waals surface area contributed by atoms with Gasteiger partial charge in [0.25, 0.3) is 0 Å². The molecule has 0 rings (SSSR count). The number of hydrogen-bond donors (Lipinski definition) is 1. The van der Waals surface area contributed by atoms with Crippen LogP contribution in [0.3, 0.4) is 0 Å². The summed E-state index contributed by atoms with van der Waals surface area (Å²) in [5.41, 5.74) is 0. The Balaban J connectivity index is 3.92. The Morgan fingerprint density at radius 2 is 2.00 bits per heavy atom. The molecule has 1 N–H and O–H groups in total. The number of ether oxygens (including phenoxy) is 1. The summed E-state index contributed by atoms with van der Waals surface area (Å²) in [4.78, 5) is 24.6. The van der Waals surface area contributed by atoms with Gasteiger partial charge in [0.2, 0.25) is 11.8 Å². The molecule has 0 aromatic heterocycles. The summed E-state index contributed by atoms with van der Waals surface area (Å²) in [5, 5.41) is 2.73. The molecule has 100 valence electrons. The fourth-order valence-electron chi connectivity index (χ4n) is 1.24. The molecule has 0 unspecified atom stereocenters. The van der Waals surface area contributed by atoms with Crippen molar-refractivity contribution in [2.24, 2.45) is 0 Å². The van der Waals surface area contributed by atoms with Crippen molar-refractivity contribution in [3.05, 3.63) is 0 Å². The van der Waals surface area contributed by atoms with Gasteiger partial charge in [0, 0.05) is 27.3 Å². The van der Waals surface area contributed by atoms with Crippen LogP contribution in [0.1, 0.15) is 20.3 Å². The van der Waals surface area contributed by atoms with Crippen LogP contribution in [-0.2, 0) is 14.3 Å². The summed E-state index contributed by atoms with van der Waals surface area (Å²) in [5.74, 6) is -0.279. The van der Waals surface area contributed by atoms with Gasteiger partial charge in [-0.05, 0) is 20.3 Å². The monoisotopic (exact) mass is 308 g/mol. The van der Waals surface area contributed by atoms with Crippen LogP contribution in [0.2, 0.25) is 0 Å². The van der Waals surface area contributed by atoms with Gasteiger partial charge in [-0.3, -0.25) is 9.59 Å². The van der Waals surface area contributed by atoms with Crippen molar-refractivity contribution in [3.8, 4) is 0 Å². The molecule has 0 bridgehead atoms. The Hall–Kier alpha value is -0.620. The zero-order chi connectivity index (χ0) is 13.5. The van der Waals surface area contributed by atoms with Crippen LogP contribution >= 0.6 is 15.9 Å². The standard InChI is InChI=1S/C11H21BrN2O3/c1-11(2,12)10(16)14(3)8-9(15)13-6-5-7-17-4/h5-8H2,1-4H3,(H,13,15). The lowest BCUT2D eigenvalue weighted by atomic mass is 10.2. The minimum absolute atomic E-state index is 0.0703. The lowest BCUT2D eigenvalue weighted by molar-refractivity contribution is -0.135. The third kappa shape index (κ3) is 7.33. The van der Waals surface area contributed by atoms with Crippen LogP contribution in [0.5, 0.6) is 0 Å². The second kappa shape index (κ2) is 7.66. The minimum atomic E-state index is -0.641. The molecular weight excluding hydrogens is 288 g/mol. The quantitative estimate of drug-likeness (QED) is 0.558. The third-order valence-corrected chi connectivity index (χ3v) is 2.42. The normalized spacial score (nSPS) is 11.1. The van der Waals surface area contributed by atoms with E-state index in [1.54, 1.807) is 28.0 Å². The second-order valence-electron chi connectivity index (χ2n) is 4.33. The van der Waals surface area contributed by atoms with Gasteiger partial charge in [-0.1, -0.05) is 15.9 Å². The van der Waals surface area contributed by atoms with E-state index in [2.05, 4.69) is 21.2 Å². The number of nitrogens with one attached hydrogen (secondary N) is 1. The summed E-state index contributed by atoms with van der Waals surface area (Å²) < 4.78 is 4.22. The molecule has 0 atom stereocenters. The first-order valence-corrected chi connectivity index (χ1v) is 6.28. The lowest BCUT2D eigenvalue weighted by Gasteiger charge is -2.24. The predicted molar refractivity (Wildman–Crippen MR) is 70.1 cm³/mol.